The number of hydrogen-bond donors (Lipinski definition) is 0. The van der Waals surface area contributed by atoms with Crippen molar-refractivity contribution in [1.29, 1.82) is 5.26 Å². The smallest absolute Gasteiger partial charge is 0.332 e. The third-order valence-electron chi connectivity index (χ3n) is 2.37. The van der Waals surface area contributed by atoms with Gasteiger partial charge in [0.15, 0.2) is 6.10 Å². The summed E-state index contributed by atoms with van der Waals surface area (Å²) in [6.07, 6.45) is -0.353. The predicted molar refractivity (Wildman–Crippen MR) is 59.2 cm³/mol. The Hall–Kier alpha value is -1.16. The van der Waals surface area contributed by atoms with Gasteiger partial charge < -0.3 is 14.2 Å². The average molecular weight is 242 g/mol. The highest BCUT2D eigenvalue weighted by molar-refractivity contribution is 5.70. The van der Waals surface area contributed by atoms with Crippen LogP contribution in [0.3, 0.4) is 0 Å². The van der Waals surface area contributed by atoms with Crippen molar-refractivity contribution in [1.82, 2.24) is 4.90 Å². The summed E-state index contributed by atoms with van der Waals surface area (Å²) in [6, 6.07) is 2.08. The number of carbonyl (C=O) groups is 1. The second-order valence-electron chi connectivity index (χ2n) is 3.65. The second kappa shape index (κ2) is 8.01. The largest absolute Gasteiger partial charge is 0.464 e. The minimum absolute atomic E-state index is 0.0140. The number of rotatable bonds is 6. The Kier molecular flexibility index (Phi) is 6.55. The van der Waals surface area contributed by atoms with Crippen LogP contribution in [0.5, 0.6) is 0 Å². The molecule has 1 fully saturated rings. The summed E-state index contributed by atoms with van der Waals surface area (Å²) in [7, 11) is 0. The zero-order valence-electron chi connectivity index (χ0n) is 10.1. The molecule has 0 aromatic carbocycles. The van der Waals surface area contributed by atoms with Crippen LogP contribution in [0.25, 0.3) is 0 Å². The number of esters is 1. The Morgan fingerprint density at radius 2 is 2.47 bits per heavy atom. The lowest BCUT2D eigenvalue weighted by molar-refractivity contribution is -0.148. The number of hydrogen-bond acceptors (Lipinski definition) is 6. The highest BCUT2D eigenvalue weighted by Gasteiger charge is 2.19. The maximum atomic E-state index is 11.0. The van der Waals surface area contributed by atoms with Crippen molar-refractivity contribution in [3.05, 3.63) is 0 Å². The summed E-state index contributed by atoms with van der Waals surface area (Å²) in [4.78, 5) is 13.1. The Morgan fingerprint density at radius 1 is 1.65 bits per heavy atom. The fourth-order valence-corrected chi connectivity index (χ4v) is 1.54. The van der Waals surface area contributed by atoms with Gasteiger partial charge in [-0.15, -0.1) is 0 Å². The fourth-order valence-electron chi connectivity index (χ4n) is 1.54. The Balaban J connectivity index is 2.06. The third kappa shape index (κ3) is 5.63. The molecule has 1 aliphatic rings. The molecular weight excluding hydrogens is 224 g/mol. The molecule has 0 radical (unpaired) electrons. The minimum atomic E-state index is -0.353. The van der Waals surface area contributed by atoms with E-state index in [9.17, 15) is 4.79 Å². The Bertz CT molecular complexity index is 277. The van der Waals surface area contributed by atoms with Crippen LogP contribution in [0.4, 0.5) is 0 Å². The van der Waals surface area contributed by atoms with Crippen molar-refractivity contribution in [3.8, 4) is 6.07 Å². The first-order valence-corrected chi connectivity index (χ1v) is 5.73. The summed E-state index contributed by atoms with van der Waals surface area (Å²) in [5.74, 6) is -0.343. The van der Waals surface area contributed by atoms with Crippen molar-refractivity contribution >= 4 is 5.97 Å². The average Bonchev–Trinajstić information content (AvgIpc) is 2.35. The molecule has 1 atom stereocenters. The van der Waals surface area contributed by atoms with Crippen molar-refractivity contribution in [2.45, 2.75) is 13.0 Å². The minimum Gasteiger partial charge on any atom is -0.464 e. The quantitative estimate of drug-likeness (QED) is 0.474. The fraction of sp³-hybridized carbons (Fsp3) is 0.818. The van der Waals surface area contributed by atoms with Crippen LogP contribution in [0.1, 0.15) is 6.92 Å². The number of nitriles is 1. The molecule has 0 bridgehead atoms. The standard InChI is InChI=1S/C11H18N2O4/c1-2-16-11(14)9-15-5-3-13-4-6-17-10(7-12)8-13/h10H,2-6,8-9H2,1H3. The molecule has 1 saturated heterocycles. The molecule has 0 saturated carbocycles. The first kappa shape index (κ1) is 13.9. The van der Waals surface area contributed by atoms with Crippen LogP contribution in [-0.2, 0) is 19.0 Å². The van der Waals surface area contributed by atoms with E-state index >= 15 is 0 Å². The van der Waals surface area contributed by atoms with Gasteiger partial charge in [-0.05, 0) is 6.92 Å². The molecule has 0 aliphatic carbocycles. The van der Waals surface area contributed by atoms with Gasteiger partial charge in [-0.2, -0.15) is 5.26 Å². The van der Waals surface area contributed by atoms with Crippen LogP contribution in [0.2, 0.25) is 0 Å². The molecule has 1 heterocycles. The van der Waals surface area contributed by atoms with Gasteiger partial charge in [0.2, 0.25) is 0 Å². The van der Waals surface area contributed by atoms with Crippen molar-refractivity contribution in [2.75, 3.05) is 46.1 Å². The zero-order valence-corrected chi connectivity index (χ0v) is 10.1. The molecule has 96 valence electrons. The SMILES string of the molecule is CCOC(=O)COCCN1CCOC(C#N)C1. The Morgan fingerprint density at radius 3 is 3.18 bits per heavy atom. The van der Waals surface area contributed by atoms with Crippen molar-refractivity contribution < 1.29 is 19.0 Å². The van der Waals surface area contributed by atoms with Gasteiger partial charge in [-0.25, -0.2) is 4.79 Å². The lowest BCUT2D eigenvalue weighted by atomic mass is 10.3. The Labute approximate surface area is 101 Å². The predicted octanol–water partition coefficient (Wildman–Crippen LogP) is -0.210. The lowest BCUT2D eigenvalue weighted by Crippen LogP contribution is -2.43. The van der Waals surface area contributed by atoms with Crippen LogP contribution < -0.4 is 0 Å². The van der Waals surface area contributed by atoms with Gasteiger partial charge in [0.25, 0.3) is 0 Å². The molecule has 6 nitrogen and oxygen atoms in total. The van der Waals surface area contributed by atoms with Crippen molar-refractivity contribution in [2.24, 2.45) is 0 Å². The number of carbonyl (C=O) groups excluding carboxylic acids is 1. The second-order valence-corrected chi connectivity index (χ2v) is 3.65. The number of nitrogens with zero attached hydrogens (tertiary/aromatic N) is 2. The van der Waals surface area contributed by atoms with E-state index in [0.717, 1.165) is 6.54 Å². The molecular formula is C11H18N2O4. The van der Waals surface area contributed by atoms with E-state index in [-0.39, 0.29) is 18.7 Å². The summed E-state index contributed by atoms with van der Waals surface area (Å²) in [5, 5.41) is 8.72. The van der Waals surface area contributed by atoms with Crippen LogP contribution in [0, 0.1) is 11.3 Å². The van der Waals surface area contributed by atoms with E-state index in [2.05, 4.69) is 11.0 Å². The maximum absolute atomic E-state index is 11.0. The lowest BCUT2D eigenvalue weighted by Gasteiger charge is -2.29. The van der Waals surface area contributed by atoms with E-state index in [1.165, 1.54) is 0 Å². The third-order valence-corrected chi connectivity index (χ3v) is 2.37. The zero-order chi connectivity index (χ0) is 12.5. The topological polar surface area (TPSA) is 71.8 Å². The molecule has 0 aromatic heterocycles. The van der Waals surface area contributed by atoms with E-state index in [1.54, 1.807) is 6.92 Å². The van der Waals surface area contributed by atoms with E-state index in [4.69, 9.17) is 19.5 Å². The van der Waals surface area contributed by atoms with Gasteiger partial charge in [-0.1, -0.05) is 0 Å². The molecule has 1 aliphatic heterocycles. The highest BCUT2D eigenvalue weighted by atomic mass is 16.6. The van der Waals surface area contributed by atoms with Crippen molar-refractivity contribution in [3.63, 3.8) is 0 Å². The van der Waals surface area contributed by atoms with Gasteiger partial charge in [0.05, 0.1) is 25.9 Å². The molecule has 17 heavy (non-hydrogen) atoms. The summed E-state index contributed by atoms with van der Waals surface area (Å²) in [6.45, 7) is 5.22. The summed E-state index contributed by atoms with van der Waals surface area (Å²) in [5.41, 5.74) is 0. The van der Waals surface area contributed by atoms with Crippen LogP contribution in [0.15, 0.2) is 0 Å². The van der Waals surface area contributed by atoms with E-state index < -0.39 is 0 Å². The molecule has 0 amide bonds. The first-order chi connectivity index (χ1) is 8.26. The van der Waals surface area contributed by atoms with Crippen LogP contribution in [-0.4, -0.2) is 63.0 Å². The number of ether oxygens (including phenoxy) is 3. The molecule has 0 aromatic rings. The van der Waals surface area contributed by atoms with Gasteiger partial charge >= 0.3 is 5.97 Å². The van der Waals surface area contributed by atoms with Gasteiger partial charge in [-0.3, -0.25) is 4.90 Å². The summed E-state index contributed by atoms with van der Waals surface area (Å²) < 4.78 is 15.1. The van der Waals surface area contributed by atoms with E-state index in [0.29, 0.717) is 32.9 Å². The monoisotopic (exact) mass is 242 g/mol. The molecule has 1 rings (SSSR count). The first-order valence-electron chi connectivity index (χ1n) is 5.73. The van der Waals surface area contributed by atoms with Crippen LogP contribution >= 0.6 is 0 Å². The number of morpholine rings is 1. The molecule has 1 unspecified atom stereocenters. The molecule has 0 N–H and O–H groups in total. The van der Waals surface area contributed by atoms with Gasteiger partial charge in [0, 0.05) is 19.6 Å². The molecule has 0 spiro atoms. The molecule has 6 heteroatoms. The normalized spacial score (nSPS) is 20.8. The highest BCUT2D eigenvalue weighted by Crippen LogP contribution is 2.03. The maximum Gasteiger partial charge on any atom is 0.332 e. The summed E-state index contributed by atoms with van der Waals surface area (Å²) >= 11 is 0. The van der Waals surface area contributed by atoms with E-state index in [1.807, 2.05) is 0 Å². The van der Waals surface area contributed by atoms with Gasteiger partial charge in [0.1, 0.15) is 6.61 Å².